The molecule has 0 aliphatic carbocycles. The van der Waals surface area contributed by atoms with Crippen LogP contribution in [0.15, 0.2) is 48.8 Å². The van der Waals surface area contributed by atoms with Crippen LogP contribution in [-0.2, 0) is 25.9 Å². The van der Waals surface area contributed by atoms with Gasteiger partial charge in [0.25, 0.3) is 0 Å². The maximum Gasteiger partial charge on any atom is 0.245 e. The number of imidazole rings is 1. The van der Waals surface area contributed by atoms with Gasteiger partial charge >= 0.3 is 0 Å². The normalized spacial score (nSPS) is 13.9. The molecule has 4 nitrogen and oxygen atoms in total. The molecule has 0 radical (unpaired) electrons. The summed E-state index contributed by atoms with van der Waals surface area (Å²) in [6.07, 6.45) is 4.21. The van der Waals surface area contributed by atoms with E-state index in [4.69, 9.17) is 9.47 Å². The van der Waals surface area contributed by atoms with Gasteiger partial charge in [-0.05, 0) is 55.7 Å². The SMILES string of the molecule is Cc1ccc(C[n+]2cn(Cc3c4c(cc5c3OCC5)OCC4)c3cc(C)c(C)cc32)cc1.[Br-]. The van der Waals surface area contributed by atoms with Gasteiger partial charge in [0, 0.05) is 29.5 Å². The van der Waals surface area contributed by atoms with E-state index in [-0.39, 0.29) is 17.0 Å². The van der Waals surface area contributed by atoms with Crippen LogP contribution in [-0.4, -0.2) is 17.8 Å². The number of aryl methyl sites for hydroxylation is 3. The van der Waals surface area contributed by atoms with Crippen LogP contribution in [0.5, 0.6) is 11.5 Å². The van der Waals surface area contributed by atoms with Crippen LogP contribution in [0.3, 0.4) is 0 Å². The Morgan fingerprint density at radius 3 is 2.48 bits per heavy atom. The third-order valence-corrected chi connectivity index (χ3v) is 7.05. The Hall–Kier alpha value is -2.79. The minimum Gasteiger partial charge on any atom is -1.00 e. The molecule has 170 valence electrons. The molecule has 0 spiro atoms. The molecular formula is C28H29BrN2O2. The zero-order valence-corrected chi connectivity index (χ0v) is 21.0. The second kappa shape index (κ2) is 8.53. The molecule has 0 unspecified atom stereocenters. The molecule has 2 aliphatic heterocycles. The molecule has 0 saturated heterocycles. The summed E-state index contributed by atoms with van der Waals surface area (Å²) in [4.78, 5) is 0. The summed E-state index contributed by atoms with van der Waals surface area (Å²) in [6.45, 7) is 9.73. The molecular weight excluding hydrogens is 476 g/mol. The first-order valence-electron chi connectivity index (χ1n) is 11.5. The van der Waals surface area contributed by atoms with E-state index >= 15 is 0 Å². The van der Waals surface area contributed by atoms with Crippen molar-refractivity contribution >= 4 is 11.0 Å². The van der Waals surface area contributed by atoms with Crippen LogP contribution in [0, 0.1) is 20.8 Å². The number of halogens is 1. The molecule has 33 heavy (non-hydrogen) atoms. The third-order valence-electron chi connectivity index (χ3n) is 7.05. The molecule has 3 aromatic carbocycles. The summed E-state index contributed by atoms with van der Waals surface area (Å²) in [6, 6.07) is 15.7. The number of rotatable bonds is 4. The second-order valence-electron chi connectivity index (χ2n) is 9.30. The summed E-state index contributed by atoms with van der Waals surface area (Å²) in [5, 5.41) is 0. The van der Waals surface area contributed by atoms with Gasteiger partial charge < -0.3 is 26.5 Å². The van der Waals surface area contributed by atoms with E-state index < -0.39 is 0 Å². The van der Waals surface area contributed by atoms with Crippen LogP contribution >= 0.6 is 0 Å². The Kier molecular flexibility index (Phi) is 5.69. The topological polar surface area (TPSA) is 27.3 Å². The number of hydrogen-bond donors (Lipinski definition) is 0. The Labute approximate surface area is 205 Å². The van der Waals surface area contributed by atoms with Crippen molar-refractivity contribution in [1.82, 2.24) is 4.57 Å². The van der Waals surface area contributed by atoms with Gasteiger partial charge in [-0.2, -0.15) is 0 Å². The minimum absolute atomic E-state index is 0. The molecule has 0 saturated carbocycles. The van der Waals surface area contributed by atoms with Crippen LogP contribution in [0.2, 0.25) is 0 Å². The largest absolute Gasteiger partial charge is 1.00 e. The average molecular weight is 505 g/mol. The van der Waals surface area contributed by atoms with Crippen LogP contribution in [0.4, 0.5) is 0 Å². The van der Waals surface area contributed by atoms with Gasteiger partial charge in [0.15, 0.2) is 11.0 Å². The molecule has 0 bridgehead atoms. The number of aromatic nitrogens is 2. The van der Waals surface area contributed by atoms with E-state index in [2.05, 4.69) is 78.7 Å². The van der Waals surface area contributed by atoms with Crippen molar-refractivity contribution in [2.24, 2.45) is 0 Å². The fourth-order valence-electron chi connectivity index (χ4n) is 5.10. The van der Waals surface area contributed by atoms with Crippen molar-refractivity contribution in [1.29, 1.82) is 0 Å². The van der Waals surface area contributed by atoms with E-state index in [1.807, 2.05) is 0 Å². The van der Waals surface area contributed by atoms with E-state index in [1.165, 1.54) is 50.0 Å². The van der Waals surface area contributed by atoms with Gasteiger partial charge in [0.1, 0.15) is 24.6 Å². The van der Waals surface area contributed by atoms with Crippen LogP contribution < -0.4 is 31.0 Å². The number of benzene rings is 3. The summed E-state index contributed by atoms with van der Waals surface area (Å²) in [5.74, 6) is 2.14. The fraction of sp³-hybridized carbons (Fsp3) is 0.321. The molecule has 3 heterocycles. The first-order chi connectivity index (χ1) is 15.6. The van der Waals surface area contributed by atoms with Crippen LogP contribution in [0.25, 0.3) is 11.0 Å². The van der Waals surface area contributed by atoms with Crippen molar-refractivity contribution in [3.05, 3.63) is 87.7 Å². The number of ether oxygens (including phenoxy) is 2. The quantitative estimate of drug-likeness (QED) is 0.396. The number of fused-ring (bicyclic) bond motifs is 3. The highest BCUT2D eigenvalue weighted by Crippen LogP contribution is 2.41. The molecule has 1 aromatic heterocycles. The second-order valence-corrected chi connectivity index (χ2v) is 9.30. The molecule has 2 aliphatic rings. The summed E-state index contributed by atoms with van der Waals surface area (Å²) < 4.78 is 16.8. The van der Waals surface area contributed by atoms with Crippen molar-refractivity contribution < 1.29 is 31.0 Å². The van der Waals surface area contributed by atoms with Crippen molar-refractivity contribution in [2.75, 3.05) is 13.2 Å². The Morgan fingerprint density at radius 1 is 0.909 bits per heavy atom. The van der Waals surface area contributed by atoms with Crippen molar-refractivity contribution in [3.63, 3.8) is 0 Å². The molecule has 4 aromatic rings. The summed E-state index contributed by atoms with van der Waals surface area (Å²) in [7, 11) is 0. The first-order valence-corrected chi connectivity index (χ1v) is 11.5. The zero-order valence-electron chi connectivity index (χ0n) is 19.5. The monoisotopic (exact) mass is 504 g/mol. The Bertz CT molecular complexity index is 1320. The van der Waals surface area contributed by atoms with Gasteiger partial charge in [-0.1, -0.05) is 29.8 Å². The van der Waals surface area contributed by atoms with Crippen molar-refractivity contribution in [2.45, 2.75) is 46.7 Å². The number of hydrogen-bond acceptors (Lipinski definition) is 2. The lowest BCUT2D eigenvalue weighted by Crippen LogP contribution is -3.00. The first kappa shape index (κ1) is 22.0. The van der Waals surface area contributed by atoms with Crippen LogP contribution in [0.1, 0.15) is 38.9 Å². The minimum atomic E-state index is 0. The van der Waals surface area contributed by atoms with E-state index in [0.29, 0.717) is 0 Å². The van der Waals surface area contributed by atoms with Gasteiger partial charge in [0.2, 0.25) is 6.33 Å². The highest BCUT2D eigenvalue weighted by Gasteiger charge is 2.29. The van der Waals surface area contributed by atoms with Gasteiger partial charge in [-0.15, -0.1) is 0 Å². The molecule has 0 atom stereocenters. The summed E-state index contributed by atoms with van der Waals surface area (Å²) in [5.41, 5.74) is 11.7. The third kappa shape index (κ3) is 3.82. The molecule has 6 rings (SSSR count). The Morgan fingerprint density at radius 2 is 1.67 bits per heavy atom. The summed E-state index contributed by atoms with van der Waals surface area (Å²) >= 11 is 0. The molecule has 5 heteroatoms. The highest BCUT2D eigenvalue weighted by molar-refractivity contribution is 5.74. The average Bonchev–Trinajstić information content (AvgIpc) is 3.50. The smallest absolute Gasteiger partial charge is 0.245 e. The lowest BCUT2D eigenvalue weighted by atomic mass is 9.99. The highest BCUT2D eigenvalue weighted by atomic mass is 79.9. The maximum atomic E-state index is 6.12. The molecule has 0 amide bonds. The molecule has 0 N–H and O–H groups in total. The number of nitrogens with zero attached hydrogens (tertiary/aromatic N) is 2. The Balaban J connectivity index is 0.00000228. The fourth-order valence-corrected chi connectivity index (χ4v) is 5.10. The predicted molar refractivity (Wildman–Crippen MR) is 126 cm³/mol. The standard InChI is InChI=1S/C28H29N2O2.BrH/c1-18-4-6-21(7-5-18)15-29-17-30(26-13-20(3)19(2)12-25(26)29)16-24-23-9-11-31-27(23)14-22-8-10-32-28(22)24;/h4-7,12-14,17H,8-11,15-16H2,1-3H3;1H/q+1;/p-1. The lowest BCUT2D eigenvalue weighted by molar-refractivity contribution is -0.663. The predicted octanol–water partition coefficient (Wildman–Crippen LogP) is 1.82. The van der Waals surface area contributed by atoms with Gasteiger partial charge in [-0.3, -0.25) is 0 Å². The van der Waals surface area contributed by atoms with E-state index in [0.717, 1.165) is 50.6 Å². The van der Waals surface area contributed by atoms with Gasteiger partial charge in [-0.25, -0.2) is 9.13 Å². The zero-order chi connectivity index (χ0) is 21.8. The van der Waals surface area contributed by atoms with Crippen molar-refractivity contribution in [3.8, 4) is 11.5 Å². The van der Waals surface area contributed by atoms with Gasteiger partial charge in [0.05, 0.1) is 13.2 Å². The lowest BCUT2D eigenvalue weighted by Gasteiger charge is -2.11. The molecule has 0 fully saturated rings. The maximum absolute atomic E-state index is 6.12. The van der Waals surface area contributed by atoms with E-state index in [1.54, 1.807) is 0 Å². The van der Waals surface area contributed by atoms with E-state index in [9.17, 15) is 0 Å².